The van der Waals surface area contributed by atoms with Crippen LogP contribution in [0.2, 0.25) is 0 Å². The quantitative estimate of drug-likeness (QED) is 0.799. The summed E-state index contributed by atoms with van der Waals surface area (Å²) in [6.45, 7) is 2.00. The summed E-state index contributed by atoms with van der Waals surface area (Å²) in [5, 5.41) is 2.74. The summed E-state index contributed by atoms with van der Waals surface area (Å²) in [5.74, 6) is -0.956. The van der Waals surface area contributed by atoms with E-state index in [1.807, 2.05) is 30.3 Å². The van der Waals surface area contributed by atoms with Crippen LogP contribution in [0.3, 0.4) is 0 Å². The van der Waals surface area contributed by atoms with Crippen molar-refractivity contribution in [3.8, 4) is 0 Å². The molecule has 1 heterocycles. The second-order valence-corrected chi connectivity index (χ2v) is 5.46. The molecule has 0 bridgehead atoms. The van der Waals surface area contributed by atoms with Gasteiger partial charge in [0, 0.05) is 6.54 Å². The van der Waals surface area contributed by atoms with Crippen LogP contribution in [-0.4, -0.2) is 24.5 Å². The Morgan fingerprint density at radius 3 is 2.59 bits per heavy atom. The summed E-state index contributed by atoms with van der Waals surface area (Å²) in [4.78, 5) is 23.6. The number of ether oxygens (including phenoxy) is 1. The van der Waals surface area contributed by atoms with Crippen molar-refractivity contribution in [3.05, 3.63) is 58.5 Å². The van der Waals surface area contributed by atoms with Crippen LogP contribution in [0.15, 0.2) is 51.6 Å². The van der Waals surface area contributed by atoms with Gasteiger partial charge < -0.3 is 14.5 Å². The lowest BCUT2D eigenvalue weighted by molar-refractivity contribution is -0.129. The number of halogens is 1. The highest BCUT2D eigenvalue weighted by Crippen LogP contribution is 2.15. The van der Waals surface area contributed by atoms with Crippen LogP contribution in [0, 0.1) is 0 Å². The third-order valence-corrected chi connectivity index (χ3v) is 3.41. The zero-order valence-corrected chi connectivity index (χ0v) is 13.6. The van der Waals surface area contributed by atoms with E-state index in [1.54, 1.807) is 6.07 Å². The lowest BCUT2D eigenvalue weighted by Gasteiger charge is -2.12. The lowest BCUT2D eigenvalue weighted by Crippen LogP contribution is -2.36. The summed E-state index contributed by atoms with van der Waals surface area (Å²) in [5.41, 5.74) is 1.13. The van der Waals surface area contributed by atoms with Crippen molar-refractivity contribution >= 4 is 27.8 Å². The number of benzene rings is 1. The van der Waals surface area contributed by atoms with Crippen molar-refractivity contribution in [3.63, 3.8) is 0 Å². The molecule has 116 valence electrons. The molecule has 0 aliphatic rings. The molecule has 1 N–H and O–H groups in total. The number of carbonyl (C=O) groups is 2. The number of amides is 1. The molecule has 22 heavy (non-hydrogen) atoms. The van der Waals surface area contributed by atoms with Gasteiger partial charge in [-0.15, -0.1) is 0 Å². The van der Waals surface area contributed by atoms with Gasteiger partial charge >= 0.3 is 5.97 Å². The predicted octanol–water partition coefficient (Wildman–Crippen LogP) is 2.95. The van der Waals surface area contributed by atoms with Crippen molar-refractivity contribution < 1.29 is 18.7 Å². The zero-order valence-electron chi connectivity index (χ0n) is 12.0. The number of hydrogen-bond acceptors (Lipinski definition) is 4. The molecule has 1 aromatic carbocycles. The molecule has 1 amide bonds. The molecule has 2 aromatic rings. The van der Waals surface area contributed by atoms with Crippen LogP contribution in [0.1, 0.15) is 23.0 Å². The zero-order chi connectivity index (χ0) is 15.9. The highest BCUT2D eigenvalue weighted by atomic mass is 79.9. The normalized spacial score (nSPS) is 11.7. The smallest absolute Gasteiger partial charge is 0.375 e. The standard InChI is InChI=1S/C16H16BrNO4/c1-11(21-16(20)13-7-8-14(17)22-13)15(19)18-10-9-12-5-3-2-4-6-12/h2-8,11H,9-10H2,1H3,(H,18,19)/t11-/m1/s1. The Labute approximate surface area is 136 Å². The van der Waals surface area contributed by atoms with Crippen molar-refractivity contribution in [2.45, 2.75) is 19.4 Å². The van der Waals surface area contributed by atoms with Gasteiger partial charge in [-0.05, 0) is 47.0 Å². The minimum absolute atomic E-state index is 0.0517. The monoisotopic (exact) mass is 365 g/mol. The predicted molar refractivity (Wildman–Crippen MR) is 84.4 cm³/mol. The molecule has 5 nitrogen and oxygen atoms in total. The molecule has 0 saturated carbocycles. The van der Waals surface area contributed by atoms with Gasteiger partial charge in [0.2, 0.25) is 5.76 Å². The van der Waals surface area contributed by atoms with Crippen molar-refractivity contribution in [1.29, 1.82) is 0 Å². The minimum atomic E-state index is -0.882. The lowest BCUT2D eigenvalue weighted by atomic mass is 10.1. The molecule has 2 rings (SSSR count). The van der Waals surface area contributed by atoms with Crippen LogP contribution in [0.25, 0.3) is 0 Å². The van der Waals surface area contributed by atoms with E-state index in [0.29, 0.717) is 11.2 Å². The highest BCUT2D eigenvalue weighted by molar-refractivity contribution is 9.10. The van der Waals surface area contributed by atoms with Gasteiger partial charge in [-0.25, -0.2) is 4.79 Å². The SMILES string of the molecule is C[C@@H](OC(=O)c1ccc(Br)o1)C(=O)NCCc1ccccc1. The summed E-state index contributed by atoms with van der Waals surface area (Å²) >= 11 is 3.10. The Hall–Kier alpha value is -2.08. The maximum absolute atomic E-state index is 11.9. The largest absolute Gasteiger partial charge is 0.447 e. The van der Waals surface area contributed by atoms with Crippen LogP contribution in [0.4, 0.5) is 0 Å². The second kappa shape index (κ2) is 7.79. The highest BCUT2D eigenvalue weighted by Gasteiger charge is 2.20. The van der Waals surface area contributed by atoms with Crippen molar-refractivity contribution in [1.82, 2.24) is 5.32 Å². The van der Waals surface area contributed by atoms with E-state index in [4.69, 9.17) is 9.15 Å². The Kier molecular flexibility index (Phi) is 5.77. The molecule has 0 radical (unpaired) electrons. The Morgan fingerprint density at radius 2 is 1.95 bits per heavy atom. The third-order valence-electron chi connectivity index (χ3n) is 2.98. The number of esters is 1. The van der Waals surface area contributed by atoms with Gasteiger partial charge in [0.05, 0.1) is 0 Å². The molecule has 1 aromatic heterocycles. The maximum atomic E-state index is 11.9. The molecular weight excluding hydrogens is 350 g/mol. The summed E-state index contributed by atoms with van der Waals surface area (Å²) in [6, 6.07) is 12.9. The number of nitrogens with one attached hydrogen (secondary N) is 1. The van der Waals surface area contributed by atoms with Crippen LogP contribution in [0.5, 0.6) is 0 Å². The fourth-order valence-corrected chi connectivity index (χ4v) is 2.12. The Morgan fingerprint density at radius 1 is 1.23 bits per heavy atom. The first kappa shape index (κ1) is 16.3. The average Bonchev–Trinajstić information content (AvgIpc) is 2.95. The van der Waals surface area contributed by atoms with Gasteiger partial charge in [-0.2, -0.15) is 0 Å². The van der Waals surface area contributed by atoms with E-state index >= 15 is 0 Å². The molecule has 0 fully saturated rings. The third kappa shape index (κ3) is 4.73. The first-order valence-corrected chi connectivity index (χ1v) is 7.63. The molecule has 6 heteroatoms. The van der Waals surface area contributed by atoms with E-state index in [1.165, 1.54) is 13.0 Å². The molecule has 0 aliphatic heterocycles. The van der Waals surface area contributed by atoms with Crippen molar-refractivity contribution in [2.75, 3.05) is 6.54 Å². The van der Waals surface area contributed by atoms with E-state index in [0.717, 1.165) is 12.0 Å². The van der Waals surface area contributed by atoms with E-state index in [9.17, 15) is 9.59 Å². The first-order valence-electron chi connectivity index (χ1n) is 6.84. The summed E-state index contributed by atoms with van der Waals surface area (Å²) in [6.07, 6.45) is -0.162. The maximum Gasteiger partial charge on any atom is 0.375 e. The topological polar surface area (TPSA) is 68.5 Å². The van der Waals surface area contributed by atoms with E-state index < -0.39 is 12.1 Å². The Balaban J connectivity index is 1.76. The number of rotatable bonds is 6. The van der Waals surface area contributed by atoms with Gasteiger partial charge in [-0.1, -0.05) is 30.3 Å². The molecule has 0 saturated heterocycles. The molecule has 0 unspecified atom stereocenters. The molecule has 0 aliphatic carbocycles. The fraction of sp³-hybridized carbons (Fsp3) is 0.250. The fourth-order valence-electron chi connectivity index (χ4n) is 1.81. The number of carbonyl (C=O) groups excluding carboxylic acids is 2. The first-order chi connectivity index (χ1) is 10.6. The van der Waals surface area contributed by atoms with E-state index in [2.05, 4.69) is 21.2 Å². The second-order valence-electron chi connectivity index (χ2n) is 4.68. The van der Waals surface area contributed by atoms with Crippen molar-refractivity contribution in [2.24, 2.45) is 0 Å². The number of furan rings is 1. The number of hydrogen-bond donors (Lipinski definition) is 1. The van der Waals surface area contributed by atoms with Gasteiger partial charge in [0.15, 0.2) is 10.8 Å². The Bertz CT molecular complexity index is 639. The molecule has 1 atom stereocenters. The average molecular weight is 366 g/mol. The summed E-state index contributed by atoms with van der Waals surface area (Å²) in [7, 11) is 0. The van der Waals surface area contributed by atoms with Crippen LogP contribution < -0.4 is 5.32 Å². The molecule has 0 spiro atoms. The molecular formula is C16H16BrNO4. The summed E-state index contributed by atoms with van der Waals surface area (Å²) < 4.78 is 10.6. The van der Waals surface area contributed by atoms with Gasteiger partial charge in [-0.3, -0.25) is 4.79 Å². The van der Waals surface area contributed by atoms with E-state index in [-0.39, 0.29) is 11.7 Å². The van der Waals surface area contributed by atoms with Crippen LogP contribution >= 0.6 is 15.9 Å². The van der Waals surface area contributed by atoms with Gasteiger partial charge in [0.25, 0.3) is 5.91 Å². The van der Waals surface area contributed by atoms with Crippen LogP contribution in [-0.2, 0) is 16.0 Å². The minimum Gasteiger partial charge on any atom is -0.447 e. The van der Waals surface area contributed by atoms with Gasteiger partial charge in [0.1, 0.15) is 0 Å².